The molecule has 0 heterocycles. The molecule has 2 N–H and O–H groups in total. The molecule has 0 aliphatic rings. The zero-order valence-electron chi connectivity index (χ0n) is 7.27. The van der Waals surface area contributed by atoms with Gasteiger partial charge in [0.2, 0.25) is 0 Å². The van der Waals surface area contributed by atoms with Crippen molar-refractivity contribution in [1.29, 1.82) is 0 Å². The fourth-order valence-electron chi connectivity index (χ4n) is 0.669. The second-order valence-electron chi connectivity index (χ2n) is 2.04. The molecule has 12 heavy (non-hydrogen) atoms. The minimum Gasteiger partial charge on any atom is -0.393 e. The van der Waals surface area contributed by atoms with E-state index in [9.17, 15) is 4.57 Å². The molecule has 0 saturated carbocycles. The van der Waals surface area contributed by atoms with Gasteiger partial charge in [0.15, 0.2) is 5.85 Å². The fraction of sp³-hybridized carbons (Fsp3) is 1.00. The van der Waals surface area contributed by atoms with Crippen LogP contribution in [0.15, 0.2) is 0 Å². The van der Waals surface area contributed by atoms with Crippen molar-refractivity contribution in [3.8, 4) is 0 Å². The van der Waals surface area contributed by atoms with E-state index in [-0.39, 0.29) is 13.2 Å². The zero-order valence-corrected chi connectivity index (χ0v) is 8.16. The molecule has 0 aromatic heterocycles. The molecule has 0 bridgehead atoms. The molecule has 1 atom stereocenters. The van der Waals surface area contributed by atoms with Gasteiger partial charge in [0, 0.05) is 0 Å². The highest BCUT2D eigenvalue weighted by atomic mass is 31.2. The maximum atomic E-state index is 11.5. The molecule has 0 spiro atoms. The first-order valence-corrected chi connectivity index (χ1v) is 5.39. The van der Waals surface area contributed by atoms with Crippen LogP contribution in [0.1, 0.15) is 13.8 Å². The first-order valence-electron chi connectivity index (χ1n) is 3.78. The van der Waals surface area contributed by atoms with Gasteiger partial charge < -0.3 is 19.3 Å². The van der Waals surface area contributed by atoms with Crippen LogP contribution in [0.4, 0.5) is 0 Å². The van der Waals surface area contributed by atoms with Crippen molar-refractivity contribution in [2.45, 2.75) is 19.7 Å². The van der Waals surface area contributed by atoms with Gasteiger partial charge in [-0.25, -0.2) is 0 Å². The summed E-state index contributed by atoms with van der Waals surface area (Å²) in [5, 5.41) is 17.6. The van der Waals surface area contributed by atoms with Gasteiger partial charge in [0.25, 0.3) is 0 Å². The third-order valence-corrected chi connectivity index (χ3v) is 3.28. The van der Waals surface area contributed by atoms with Crippen molar-refractivity contribution in [1.82, 2.24) is 0 Å². The standard InChI is InChI=1S/C6H15O5P/c1-3-10-12(9,11-4-2)6(8)5-7/h6-8H,3-5H2,1-2H3. The maximum Gasteiger partial charge on any atom is 0.361 e. The average molecular weight is 198 g/mol. The molecule has 5 nitrogen and oxygen atoms in total. The maximum absolute atomic E-state index is 11.5. The lowest BCUT2D eigenvalue weighted by Gasteiger charge is -2.20. The van der Waals surface area contributed by atoms with E-state index in [0.29, 0.717) is 0 Å². The SMILES string of the molecule is CCOP(=O)(OCC)C(O)CO. The monoisotopic (exact) mass is 198 g/mol. The van der Waals surface area contributed by atoms with Crippen molar-refractivity contribution in [2.75, 3.05) is 19.8 Å². The van der Waals surface area contributed by atoms with E-state index < -0.39 is 20.0 Å². The molecule has 74 valence electrons. The number of hydrogen-bond acceptors (Lipinski definition) is 5. The summed E-state index contributed by atoms with van der Waals surface area (Å²) < 4.78 is 21.0. The molecule has 0 rings (SSSR count). The number of aliphatic hydroxyl groups is 2. The third-order valence-electron chi connectivity index (χ3n) is 1.15. The summed E-state index contributed by atoms with van der Waals surface area (Å²) in [5.41, 5.74) is 0. The van der Waals surface area contributed by atoms with Gasteiger partial charge >= 0.3 is 7.60 Å². The lowest BCUT2D eigenvalue weighted by molar-refractivity contribution is 0.103. The van der Waals surface area contributed by atoms with Crippen LogP contribution in [0.3, 0.4) is 0 Å². The van der Waals surface area contributed by atoms with Crippen molar-refractivity contribution in [2.24, 2.45) is 0 Å². The van der Waals surface area contributed by atoms with Crippen LogP contribution in [-0.2, 0) is 13.6 Å². The van der Waals surface area contributed by atoms with Gasteiger partial charge in [-0.15, -0.1) is 0 Å². The molecule has 0 aromatic carbocycles. The van der Waals surface area contributed by atoms with Crippen molar-refractivity contribution in [3.63, 3.8) is 0 Å². The summed E-state index contributed by atoms with van der Waals surface area (Å²) in [6.07, 6.45) is 0. The Morgan fingerprint density at radius 3 is 2.00 bits per heavy atom. The molecule has 0 aliphatic carbocycles. The van der Waals surface area contributed by atoms with E-state index in [1.807, 2.05) is 0 Å². The van der Waals surface area contributed by atoms with E-state index in [1.54, 1.807) is 13.8 Å². The zero-order chi connectivity index (χ0) is 9.61. The summed E-state index contributed by atoms with van der Waals surface area (Å²) in [4.78, 5) is 0. The van der Waals surface area contributed by atoms with Gasteiger partial charge in [-0.2, -0.15) is 0 Å². The van der Waals surface area contributed by atoms with E-state index in [0.717, 1.165) is 0 Å². The normalized spacial score (nSPS) is 14.7. The highest BCUT2D eigenvalue weighted by Gasteiger charge is 2.33. The molecular weight excluding hydrogens is 183 g/mol. The van der Waals surface area contributed by atoms with Gasteiger partial charge in [0.1, 0.15) is 0 Å². The van der Waals surface area contributed by atoms with E-state index in [1.165, 1.54) is 0 Å². The number of aliphatic hydroxyl groups excluding tert-OH is 2. The van der Waals surface area contributed by atoms with Crippen LogP contribution in [0, 0.1) is 0 Å². The highest BCUT2D eigenvalue weighted by molar-refractivity contribution is 7.54. The second-order valence-corrected chi connectivity index (χ2v) is 4.23. The van der Waals surface area contributed by atoms with Gasteiger partial charge in [0.05, 0.1) is 19.8 Å². The Labute approximate surface area is 71.8 Å². The van der Waals surface area contributed by atoms with Crippen LogP contribution in [0.5, 0.6) is 0 Å². The Balaban J connectivity index is 4.27. The Hall–Kier alpha value is 0.0700. The number of rotatable bonds is 6. The molecule has 6 heteroatoms. The summed E-state index contributed by atoms with van der Waals surface area (Å²) in [6, 6.07) is 0. The Morgan fingerprint density at radius 1 is 1.33 bits per heavy atom. The predicted octanol–water partition coefficient (Wildman–Crippen LogP) is 0.563. The minimum atomic E-state index is -3.50. The van der Waals surface area contributed by atoms with E-state index >= 15 is 0 Å². The largest absolute Gasteiger partial charge is 0.393 e. The second kappa shape index (κ2) is 5.67. The molecule has 0 aliphatic heterocycles. The Kier molecular flexibility index (Phi) is 5.70. The number of hydrogen-bond donors (Lipinski definition) is 2. The van der Waals surface area contributed by atoms with Gasteiger partial charge in [-0.05, 0) is 13.8 Å². The van der Waals surface area contributed by atoms with Crippen LogP contribution in [-0.4, -0.2) is 35.9 Å². The lowest BCUT2D eigenvalue weighted by Crippen LogP contribution is -2.16. The molecule has 0 saturated heterocycles. The predicted molar refractivity (Wildman–Crippen MR) is 44.0 cm³/mol. The molecule has 0 amide bonds. The summed E-state index contributed by atoms with van der Waals surface area (Å²) in [5.74, 6) is -1.45. The van der Waals surface area contributed by atoms with Crippen molar-refractivity contribution in [3.05, 3.63) is 0 Å². The summed E-state index contributed by atoms with van der Waals surface area (Å²) in [6.45, 7) is 2.99. The first kappa shape index (κ1) is 12.1. The van der Waals surface area contributed by atoms with Crippen LogP contribution >= 0.6 is 7.60 Å². The third kappa shape index (κ3) is 3.21. The van der Waals surface area contributed by atoms with E-state index in [2.05, 4.69) is 0 Å². The fourth-order valence-corrected chi connectivity index (χ4v) is 2.01. The Morgan fingerprint density at radius 2 is 1.75 bits per heavy atom. The summed E-state index contributed by atoms with van der Waals surface area (Å²) in [7, 11) is -3.50. The highest BCUT2D eigenvalue weighted by Crippen LogP contribution is 2.51. The minimum absolute atomic E-state index is 0.175. The van der Waals surface area contributed by atoms with Crippen LogP contribution in [0.25, 0.3) is 0 Å². The lowest BCUT2D eigenvalue weighted by atomic mass is 10.8. The van der Waals surface area contributed by atoms with E-state index in [4.69, 9.17) is 19.3 Å². The van der Waals surface area contributed by atoms with Crippen LogP contribution in [0.2, 0.25) is 0 Å². The topological polar surface area (TPSA) is 76.0 Å². The molecule has 1 unspecified atom stereocenters. The van der Waals surface area contributed by atoms with Gasteiger partial charge in [-0.1, -0.05) is 0 Å². The smallest absolute Gasteiger partial charge is 0.361 e. The molecule has 0 radical (unpaired) electrons. The first-order chi connectivity index (χ1) is 5.60. The van der Waals surface area contributed by atoms with Gasteiger partial charge in [-0.3, -0.25) is 4.57 Å². The Bertz CT molecular complexity index is 150. The molecule has 0 aromatic rings. The summed E-state index contributed by atoms with van der Waals surface area (Å²) >= 11 is 0. The molecular formula is C6H15O5P. The molecule has 0 fully saturated rings. The van der Waals surface area contributed by atoms with Crippen molar-refractivity contribution >= 4 is 7.60 Å². The quantitative estimate of drug-likeness (QED) is 0.610. The average Bonchev–Trinajstić information content (AvgIpc) is 2.04. The van der Waals surface area contributed by atoms with Crippen LogP contribution < -0.4 is 0 Å². The van der Waals surface area contributed by atoms with Crippen molar-refractivity contribution < 1.29 is 23.8 Å².